The van der Waals surface area contributed by atoms with Gasteiger partial charge < -0.3 is 14.9 Å². The van der Waals surface area contributed by atoms with E-state index in [1.54, 1.807) is 42.7 Å². The van der Waals surface area contributed by atoms with Crippen LogP contribution in [0.4, 0.5) is 0 Å². The van der Waals surface area contributed by atoms with Crippen LogP contribution in [0.15, 0.2) is 35.9 Å². The number of aliphatic hydroxyl groups is 2. The Labute approximate surface area is 130 Å². The first kappa shape index (κ1) is 18.2. The van der Waals surface area contributed by atoms with E-state index in [1.165, 1.54) is 0 Å². The second kappa shape index (κ2) is 9.94. The van der Waals surface area contributed by atoms with Crippen LogP contribution in [0.3, 0.4) is 0 Å². The Morgan fingerprint density at radius 3 is 2.64 bits per heavy atom. The predicted octanol–water partition coefficient (Wildman–Crippen LogP) is 1.71. The third-order valence-corrected chi connectivity index (χ3v) is 3.22. The van der Waals surface area contributed by atoms with Crippen molar-refractivity contribution in [1.29, 1.82) is 0 Å². The van der Waals surface area contributed by atoms with Crippen molar-refractivity contribution in [3.8, 4) is 5.75 Å². The van der Waals surface area contributed by atoms with Gasteiger partial charge in [-0.2, -0.15) is 0 Å². The van der Waals surface area contributed by atoms with Gasteiger partial charge in [0.25, 0.3) is 5.91 Å². The van der Waals surface area contributed by atoms with Gasteiger partial charge in [-0.3, -0.25) is 10.0 Å². The second-order valence-corrected chi connectivity index (χ2v) is 4.92. The van der Waals surface area contributed by atoms with E-state index in [2.05, 4.69) is 0 Å². The van der Waals surface area contributed by atoms with Crippen LogP contribution in [-0.4, -0.2) is 34.5 Å². The molecule has 0 saturated carbocycles. The number of amides is 1. The molecule has 0 aromatic heterocycles. The van der Waals surface area contributed by atoms with E-state index in [0.29, 0.717) is 24.2 Å². The van der Waals surface area contributed by atoms with Gasteiger partial charge in [0.2, 0.25) is 0 Å². The van der Waals surface area contributed by atoms with E-state index >= 15 is 0 Å². The van der Waals surface area contributed by atoms with E-state index in [1.807, 2.05) is 0 Å². The number of nitrogens with one attached hydrogen (secondary N) is 1. The summed E-state index contributed by atoms with van der Waals surface area (Å²) in [6.07, 6.45) is 3.09. The number of rotatable bonds is 9. The summed E-state index contributed by atoms with van der Waals surface area (Å²) in [5.41, 5.74) is 2.82. The Balaban J connectivity index is 2.39. The fourth-order valence-electron chi connectivity index (χ4n) is 1.93. The van der Waals surface area contributed by atoms with Crippen LogP contribution in [0.2, 0.25) is 0 Å². The lowest BCUT2D eigenvalue weighted by molar-refractivity contribution is -0.125. The van der Waals surface area contributed by atoms with Gasteiger partial charge in [0.15, 0.2) is 0 Å². The maximum Gasteiger partial charge on any atom is 0.269 e. The first-order valence-corrected chi connectivity index (χ1v) is 7.21. The number of carbonyl (C=O) groups is 1. The van der Waals surface area contributed by atoms with Crippen molar-refractivity contribution in [2.24, 2.45) is 0 Å². The first-order valence-electron chi connectivity index (χ1n) is 7.21. The zero-order chi connectivity index (χ0) is 16.4. The van der Waals surface area contributed by atoms with Gasteiger partial charge >= 0.3 is 0 Å². The molecule has 0 aliphatic carbocycles. The molecule has 0 saturated heterocycles. The van der Waals surface area contributed by atoms with Crippen LogP contribution in [0.1, 0.15) is 37.9 Å². The fraction of sp³-hybridized carbons (Fsp3) is 0.438. The monoisotopic (exact) mass is 309 g/mol. The molecule has 0 spiro atoms. The van der Waals surface area contributed by atoms with Gasteiger partial charge in [-0.05, 0) is 43.9 Å². The van der Waals surface area contributed by atoms with Crippen LogP contribution in [0.5, 0.6) is 5.75 Å². The summed E-state index contributed by atoms with van der Waals surface area (Å²) >= 11 is 0. The molecule has 1 amide bonds. The standard InChI is InChI=1S/C16H23NO5/c1-12(16(20)17-21)4-2-3-5-15(19)13-6-8-14(9-7-13)22-11-10-18/h4,6-9,15,18-19,21H,2-3,5,10-11H2,1H3,(H,17,20)/b12-4+/t15-/m0/s1. The lowest BCUT2D eigenvalue weighted by Crippen LogP contribution is -2.19. The molecule has 0 radical (unpaired) electrons. The fourth-order valence-corrected chi connectivity index (χ4v) is 1.93. The quantitative estimate of drug-likeness (QED) is 0.241. The molecule has 1 atom stereocenters. The Kier molecular flexibility index (Phi) is 8.21. The van der Waals surface area contributed by atoms with Crippen molar-refractivity contribution in [1.82, 2.24) is 5.48 Å². The maximum atomic E-state index is 11.1. The second-order valence-electron chi connectivity index (χ2n) is 4.92. The Morgan fingerprint density at radius 2 is 2.05 bits per heavy atom. The molecule has 1 aromatic rings. The number of ether oxygens (including phenoxy) is 1. The van der Waals surface area contributed by atoms with Gasteiger partial charge in [0.05, 0.1) is 12.7 Å². The molecular formula is C16H23NO5. The summed E-state index contributed by atoms with van der Waals surface area (Å²) < 4.78 is 5.25. The van der Waals surface area contributed by atoms with E-state index in [9.17, 15) is 9.90 Å². The van der Waals surface area contributed by atoms with Crippen molar-refractivity contribution in [2.45, 2.75) is 32.3 Å². The largest absolute Gasteiger partial charge is 0.491 e. The number of hydrogen-bond acceptors (Lipinski definition) is 5. The molecule has 0 heterocycles. The first-order chi connectivity index (χ1) is 10.6. The van der Waals surface area contributed by atoms with Gasteiger partial charge in [0.1, 0.15) is 12.4 Å². The summed E-state index contributed by atoms with van der Waals surface area (Å²) in [6, 6.07) is 7.09. The molecule has 0 bridgehead atoms. The Morgan fingerprint density at radius 1 is 1.36 bits per heavy atom. The van der Waals surface area contributed by atoms with Crippen LogP contribution in [-0.2, 0) is 4.79 Å². The molecule has 1 aromatic carbocycles. The van der Waals surface area contributed by atoms with Crippen molar-refractivity contribution in [2.75, 3.05) is 13.2 Å². The molecule has 0 aliphatic rings. The van der Waals surface area contributed by atoms with Crippen LogP contribution < -0.4 is 10.2 Å². The Bertz CT molecular complexity index is 484. The van der Waals surface area contributed by atoms with Crippen molar-refractivity contribution >= 4 is 5.91 Å². The highest BCUT2D eigenvalue weighted by Gasteiger charge is 2.07. The summed E-state index contributed by atoms with van der Waals surface area (Å²) in [5, 5.41) is 27.2. The number of hydroxylamine groups is 1. The minimum absolute atomic E-state index is 0.0361. The summed E-state index contributed by atoms with van der Waals surface area (Å²) in [7, 11) is 0. The normalized spacial score (nSPS) is 12.8. The highest BCUT2D eigenvalue weighted by atomic mass is 16.5. The molecule has 0 unspecified atom stereocenters. The lowest BCUT2D eigenvalue weighted by atomic mass is 10.0. The van der Waals surface area contributed by atoms with Gasteiger partial charge in [-0.25, -0.2) is 5.48 Å². The summed E-state index contributed by atoms with van der Waals surface area (Å²) in [4.78, 5) is 11.1. The maximum absolute atomic E-state index is 11.1. The van der Waals surface area contributed by atoms with Crippen molar-refractivity contribution in [3.05, 3.63) is 41.5 Å². The van der Waals surface area contributed by atoms with Crippen molar-refractivity contribution in [3.63, 3.8) is 0 Å². The highest BCUT2D eigenvalue weighted by molar-refractivity contribution is 5.91. The molecule has 122 valence electrons. The third kappa shape index (κ3) is 6.26. The molecule has 0 fully saturated rings. The lowest BCUT2D eigenvalue weighted by Gasteiger charge is -2.11. The number of unbranched alkanes of at least 4 members (excludes halogenated alkanes) is 1. The topological polar surface area (TPSA) is 99.0 Å². The minimum Gasteiger partial charge on any atom is -0.491 e. The van der Waals surface area contributed by atoms with Gasteiger partial charge in [0, 0.05) is 5.57 Å². The SMILES string of the molecule is C/C(=C\CCC[C@H](O)c1ccc(OCCO)cc1)C(=O)NO. The van der Waals surface area contributed by atoms with Gasteiger partial charge in [-0.15, -0.1) is 0 Å². The highest BCUT2D eigenvalue weighted by Crippen LogP contribution is 2.22. The number of carbonyl (C=O) groups excluding carboxylic acids is 1. The van der Waals surface area contributed by atoms with E-state index in [0.717, 1.165) is 12.0 Å². The number of hydrogen-bond donors (Lipinski definition) is 4. The third-order valence-electron chi connectivity index (χ3n) is 3.22. The van der Waals surface area contributed by atoms with Crippen molar-refractivity contribution < 1.29 is 25.0 Å². The predicted molar refractivity (Wildman–Crippen MR) is 81.5 cm³/mol. The molecule has 6 heteroatoms. The molecule has 6 nitrogen and oxygen atoms in total. The molecule has 0 aliphatic heterocycles. The van der Waals surface area contributed by atoms with E-state index in [4.69, 9.17) is 15.1 Å². The van der Waals surface area contributed by atoms with Crippen LogP contribution in [0.25, 0.3) is 0 Å². The average molecular weight is 309 g/mol. The minimum atomic E-state index is -0.577. The zero-order valence-corrected chi connectivity index (χ0v) is 12.7. The Hall–Kier alpha value is -1.89. The smallest absolute Gasteiger partial charge is 0.269 e. The number of aliphatic hydroxyl groups excluding tert-OH is 2. The van der Waals surface area contributed by atoms with E-state index in [-0.39, 0.29) is 13.2 Å². The number of benzene rings is 1. The molecule has 1 rings (SSSR count). The molecular weight excluding hydrogens is 286 g/mol. The molecule has 4 N–H and O–H groups in total. The summed E-state index contributed by atoms with van der Waals surface area (Å²) in [6.45, 7) is 1.83. The average Bonchev–Trinajstić information content (AvgIpc) is 2.56. The zero-order valence-electron chi connectivity index (χ0n) is 12.7. The van der Waals surface area contributed by atoms with Crippen LogP contribution >= 0.6 is 0 Å². The molecule has 22 heavy (non-hydrogen) atoms. The van der Waals surface area contributed by atoms with Crippen LogP contribution in [0, 0.1) is 0 Å². The van der Waals surface area contributed by atoms with E-state index < -0.39 is 12.0 Å². The summed E-state index contributed by atoms with van der Waals surface area (Å²) in [5.74, 6) is 0.137. The van der Waals surface area contributed by atoms with Gasteiger partial charge in [-0.1, -0.05) is 18.2 Å². The number of allylic oxidation sites excluding steroid dienone is 1.